The van der Waals surface area contributed by atoms with E-state index in [2.05, 4.69) is 57.0 Å². The van der Waals surface area contributed by atoms with Gasteiger partial charge < -0.3 is 19.2 Å². The molecule has 0 bridgehead atoms. The van der Waals surface area contributed by atoms with Crippen LogP contribution in [-0.4, -0.2) is 51.2 Å². The molecule has 3 rings (SSSR count). The van der Waals surface area contributed by atoms with Gasteiger partial charge in [-0.25, -0.2) is 4.98 Å². The molecular weight excluding hydrogens is 398 g/mol. The fourth-order valence-electron chi connectivity index (χ4n) is 2.64. The highest BCUT2D eigenvalue weighted by molar-refractivity contribution is 9.10. The molecule has 0 saturated heterocycles. The third-order valence-corrected chi connectivity index (χ3v) is 4.40. The lowest BCUT2D eigenvalue weighted by atomic mass is 10.4. The van der Waals surface area contributed by atoms with Crippen LogP contribution in [0.3, 0.4) is 0 Å². The van der Waals surface area contributed by atoms with Crippen LogP contribution in [0.4, 0.5) is 0 Å². The maximum Gasteiger partial charge on any atom is 0.216 e. The summed E-state index contributed by atoms with van der Waals surface area (Å²) in [6.45, 7) is 1.45. The Hall–Kier alpha value is -2.55. The predicted octanol–water partition coefficient (Wildman–Crippen LogP) is 2.42. The summed E-state index contributed by atoms with van der Waals surface area (Å²) in [5.74, 6) is 2.85. The molecule has 3 aromatic rings. The van der Waals surface area contributed by atoms with Gasteiger partial charge in [0, 0.05) is 50.5 Å². The van der Waals surface area contributed by atoms with Crippen molar-refractivity contribution in [3.63, 3.8) is 0 Å². The molecular formula is C17H22BrN7O. The predicted molar refractivity (Wildman–Crippen MR) is 104 cm³/mol. The van der Waals surface area contributed by atoms with E-state index in [9.17, 15) is 0 Å². The van der Waals surface area contributed by atoms with E-state index in [0.717, 1.165) is 22.8 Å². The van der Waals surface area contributed by atoms with Crippen molar-refractivity contribution in [3.8, 4) is 11.6 Å². The van der Waals surface area contributed by atoms with Gasteiger partial charge in [0.15, 0.2) is 11.7 Å². The maximum absolute atomic E-state index is 5.30. The summed E-state index contributed by atoms with van der Waals surface area (Å²) < 4.78 is 8.47. The molecule has 0 unspecified atom stereocenters. The molecule has 0 atom stereocenters. The molecule has 9 heteroatoms. The van der Waals surface area contributed by atoms with Gasteiger partial charge in [0.2, 0.25) is 5.82 Å². The number of hydrogen-bond acceptors (Lipinski definition) is 4. The van der Waals surface area contributed by atoms with Crippen LogP contribution in [0, 0.1) is 0 Å². The third kappa shape index (κ3) is 4.34. The zero-order valence-electron chi connectivity index (χ0n) is 15.0. The second kappa shape index (κ2) is 8.22. The average molecular weight is 420 g/mol. The highest BCUT2D eigenvalue weighted by atomic mass is 79.9. The van der Waals surface area contributed by atoms with Gasteiger partial charge in [-0.15, -0.1) is 0 Å². The van der Waals surface area contributed by atoms with Gasteiger partial charge in [0.05, 0.1) is 12.8 Å². The van der Waals surface area contributed by atoms with Gasteiger partial charge in [0.25, 0.3) is 0 Å². The molecule has 8 nitrogen and oxygen atoms in total. The Morgan fingerprint density at radius 1 is 1.50 bits per heavy atom. The van der Waals surface area contributed by atoms with E-state index in [-0.39, 0.29) is 0 Å². The number of rotatable bonds is 6. The minimum absolute atomic E-state index is 0.570. The lowest BCUT2D eigenvalue weighted by Crippen LogP contribution is -2.39. The number of guanidine groups is 1. The number of aromatic nitrogens is 4. The number of aryl methyl sites for hydroxylation is 1. The lowest BCUT2D eigenvalue weighted by Gasteiger charge is -2.22. The number of aliphatic imine (C=N–C) groups is 1. The summed E-state index contributed by atoms with van der Waals surface area (Å²) in [7, 11) is 5.83. The number of aromatic amines is 1. The van der Waals surface area contributed by atoms with E-state index in [0.29, 0.717) is 24.6 Å². The second-order valence-electron chi connectivity index (χ2n) is 5.92. The zero-order chi connectivity index (χ0) is 18.5. The topological polar surface area (TPSA) is 87.3 Å². The van der Waals surface area contributed by atoms with Crippen molar-refractivity contribution in [1.29, 1.82) is 0 Å². The van der Waals surface area contributed by atoms with Crippen LogP contribution in [0.5, 0.6) is 0 Å². The summed E-state index contributed by atoms with van der Waals surface area (Å²) >= 11 is 3.50. The van der Waals surface area contributed by atoms with Crippen molar-refractivity contribution >= 4 is 21.9 Å². The van der Waals surface area contributed by atoms with Crippen LogP contribution in [0.25, 0.3) is 11.6 Å². The fourth-order valence-corrected chi connectivity index (χ4v) is 3.21. The van der Waals surface area contributed by atoms with Crippen LogP contribution in [0.2, 0.25) is 0 Å². The van der Waals surface area contributed by atoms with Crippen LogP contribution in [-0.2, 0) is 20.0 Å². The Labute approximate surface area is 160 Å². The van der Waals surface area contributed by atoms with Gasteiger partial charge >= 0.3 is 0 Å². The first-order chi connectivity index (χ1) is 12.6. The highest BCUT2D eigenvalue weighted by Crippen LogP contribution is 2.15. The SMILES string of the molecule is CN=C(NCCc1nc(-c2ccco2)n[nH]1)N(C)Cc1cc(Br)cn1C. The molecule has 0 aliphatic rings. The summed E-state index contributed by atoms with van der Waals surface area (Å²) in [5.41, 5.74) is 1.20. The Kier molecular flexibility index (Phi) is 5.77. The molecule has 3 heterocycles. The Morgan fingerprint density at radius 3 is 3.00 bits per heavy atom. The number of halogens is 1. The summed E-state index contributed by atoms with van der Waals surface area (Å²) in [5, 5.41) is 10.5. The van der Waals surface area contributed by atoms with Gasteiger partial charge in [0.1, 0.15) is 5.82 Å². The molecule has 26 heavy (non-hydrogen) atoms. The van der Waals surface area contributed by atoms with E-state index < -0.39 is 0 Å². The first-order valence-corrected chi connectivity index (χ1v) is 9.04. The van der Waals surface area contributed by atoms with Gasteiger partial charge in [-0.05, 0) is 34.1 Å². The van der Waals surface area contributed by atoms with Crippen molar-refractivity contribution in [2.45, 2.75) is 13.0 Å². The average Bonchev–Trinajstić information content (AvgIpc) is 3.33. The van der Waals surface area contributed by atoms with Crippen molar-refractivity contribution in [2.24, 2.45) is 12.0 Å². The number of hydrogen-bond donors (Lipinski definition) is 2. The van der Waals surface area contributed by atoms with Crippen LogP contribution < -0.4 is 5.32 Å². The summed E-state index contributed by atoms with van der Waals surface area (Å²) in [6, 6.07) is 5.76. The number of nitrogens with zero attached hydrogens (tertiary/aromatic N) is 5. The normalized spacial score (nSPS) is 11.8. The molecule has 0 aliphatic heterocycles. The van der Waals surface area contributed by atoms with E-state index in [1.54, 1.807) is 13.3 Å². The van der Waals surface area contributed by atoms with E-state index in [1.165, 1.54) is 5.69 Å². The van der Waals surface area contributed by atoms with E-state index in [1.807, 2.05) is 32.4 Å². The van der Waals surface area contributed by atoms with Crippen LogP contribution in [0.15, 0.2) is 44.5 Å². The third-order valence-electron chi connectivity index (χ3n) is 3.97. The summed E-state index contributed by atoms with van der Waals surface area (Å²) in [6.07, 6.45) is 4.36. The van der Waals surface area contributed by atoms with Crippen molar-refractivity contribution < 1.29 is 4.42 Å². The highest BCUT2D eigenvalue weighted by Gasteiger charge is 2.11. The summed E-state index contributed by atoms with van der Waals surface area (Å²) in [4.78, 5) is 10.9. The van der Waals surface area contributed by atoms with Crippen molar-refractivity contribution in [2.75, 3.05) is 20.6 Å². The minimum Gasteiger partial charge on any atom is -0.461 e. The molecule has 3 aromatic heterocycles. The number of nitrogens with one attached hydrogen (secondary N) is 2. The van der Waals surface area contributed by atoms with E-state index >= 15 is 0 Å². The van der Waals surface area contributed by atoms with Crippen molar-refractivity contribution in [3.05, 3.63) is 46.7 Å². The molecule has 0 amide bonds. The molecule has 0 aliphatic carbocycles. The quantitative estimate of drug-likeness (QED) is 0.473. The largest absolute Gasteiger partial charge is 0.461 e. The lowest BCUT2D eigenvalue weighted by molar-refractivity contribution is 0.462. The van der Waals surface area contributed by atoms with Crippen molar-refractivity contribution in [1.82, 2.24) is 30.0 Å². The zero-order valence-corrected chi connectivity index (χ0v) is 16.6. The Balaban J connectivity index is 1.52. The Bertz CT molecular complexity index is 866. The Morgan fingerprint density at radius 2 is 2.35 bits per heavy atom. The monoisotopic (exact) mass is 419 g/mol. The van der Waals surface area contributed by atoms with Crippen LogP contribution in [0.1, 0.15) is 11.5 Å². The minimum atomic E-state index is 0.570. The van der Waals surface area contributed by atoms with Gasteiger partial charge in [-0.3, -0.25) is 10.1 Å². The first kappa shape index (κ1) is 18.2. The number of H-pyrrole nitrogens is 1. The van der Waals surface area contributed by atoms with E-state index in [4.69, 9.17) is 4.42 Å². The molecule has 0 saturated carbocycles. The smallest absolute Gasteiger partial charge is 0.216 e. The molecule has 0 radical (unpaired) electrons. The fraction of sp³-hybridized carbons (Fsp3) is 0.353. The second-order valence-corrected chi connectivity index (χ2v) is 6.84. The maximum atomic E-state index is 5.30. The molecule has 2 N–H and O–H groups in total. The molecule has 0 fully saturated rings. The molecule has 0 aromatic carbocycles. The molecule has 138 valence electrons. The molecule has 0 spiro atoms. The first-order valence-electron chi connectivity index (χ1n) is 8.24. The van der Waals surface area contributed by atoms with Gasteiger partial charge in [-0.1, -0.05) is 0 Å². The van der Waals surface area contributed by atoms with Gasteiger partial charge in [-0.2, -0.15) is 5.10 Å². The standard InChI is InChI=1S/C17H22BrN7O/c1-19-17(25(3)11-13-9-12(18)10-24(13)2)20-7-6-15-21-16(23-22-15)14-5-4-8-26-14/h4-5,8-10H,6-7,11H2,1-3H3,(H,19,20)(H,21,22,23). The van der Waals surface area contributed by atoms with Crippen LogP contribution >= 0.6 is 15.9 Å². The number of furan rings is 1.